The molecule has 0 N–H and O–H groups in total. The van der Waals surface area contributed by atoms with Gasteiger partial charge in [-0.05, 0) is 43.4 Å². The molecule has 1 heteroatoms. The van der Waals surface area contributed by atoms with E-state index >= 15 is 0 Å². The topological polar surface area (TPSA) is 17.1 Å². The number of rotatable bonds is 2. The van der Waals surface area contributed by atoms with E-state index in [-0.39, 0.29) is 0 Å². The predicted molar refractivity (Wildman–Crippen MR) is 62.6 cm³/mol. The average Bonchev–Trinajstić information content (AvgIpc) is 2.30. The van der Waals surface area contributed by atoms with Gasteiger partial charge in [-0.25, -0.2) is 0 Å². The van der Waals surface area contributed by atoms with Crippen molar-refractivity contribution in [1.29, 1.82) is 0 Å². The Labute approximate surface area is 93.6 Å². The van der Waals surface area contributed by atoms with Crippen LogP contribution in [0.1, 0.15) is 58.3 Å². The molecule has 1 nitrogen and oxygen atoms in total. The third-order valence-corrected chi connectivity index (χ3v) is 4.67. The van der Waals surface area contributed by atoms with Crippen LogP contribution in [-0.4, -0.2) is 6.29 Å². The lowest BCUT2D eigenvalue weighted by Crippen LogP contribution is -2.26. The fourth-order valence-electron chi connectivity index (χ4n) is 3.58. The molecule has 2 saturated carbocycles. The minimum atomic E-state index is 0.392. The fraction of sp³-hybridized carbons (Fsp3) is 0.929. The van der Waals surface area contributed by atoms with E-state index < -0.39 is 0 Å². The summed E-state index contributed by atoms with van der Waals surface area (Å²) in [6.45, 7) is 2.38. The first-order valence-corrected chi connectivity index (χ1v) is 6.75. The number of aldehydes is 1. The van der Waals surface area contributed by atoms with Gasteiger partial charge in [0.2, 0.25) is 0 Å². The molecule has 0 heterocycles. The molecule has 2 atom stereocenters. The van der Waals surface area contributed by atoms with Crippen LogP contribution < -0.4 is 0 Å². The van der Waals surface area contributed by atoms with E-state index in [1.165, 1.54) is 51.2 Å². The van der Waals surface area contributed by atoms with Crippen LogP contribution in [0.3, 0.4) is 0 Å². The Morgan fingerprint density at radius 1 is 0.933 bits per heavy atom. The van der Waals surface area contributed by atoms with Crippen LogP contribution in [0.5, 0.6) is 0 Å². The number of hydrogen-bond donors (Lipinski definition) is 0. The second-order valence-corrected chi connectivity index (χ2v) is 5.84. The van der Waals surface area contributed by atoms with Gasteiger partial charge in [0.25, 0.3) is 0 Å². The van der Waals surface area contributed by atoms with Crippen LogP contribution in [0.4, 0.5) is 0 Å². The van der Waals surface area contributed by atoms with E-state index in [2.05, 4.69) is 6.92 Å². The van der Waals surface area contributed by atoms with Crippen molar-refractivity contribution >= 4 is 6.29 Å². The largest absolute Gasteiger partial charge is 0.303 e. The highest BCUT2D eigenvalue weighted by Crippen LogP contribution is 2.40. The van der Waals surface area contributed by atoms with Gasteiger partial charge in [-0.15, -0.1) is 0 Å². The highest BCUT2D eigenvalue weighted by atomic mass is 16.1. The first-order chi connectivity index (χ1) is 7.29. The van der Waals surface area contributed by atoms with Crippen molar-refractivity contribution in [3.63, 3.8) is 0 Å². The molecule has 0 amide bonds. The summed E-state index contributed by atoms with van der Waals surface area (Å²) in [5.74, 6) is 3.17. The Balaban J connectivity index is 1.84. The highest BCUT2D eigenvalue weighted by molar-refractivity contribution is 5.53. The zero-order chi connectivity index (χ0) is 10.7. The predicted octanol–water partition coefficient (Wildman–Crippen LogP) is 3.82. The summed E-state index contributed by atoms with van der Waals surface area (Å²) in [7, 11) is 0. The molecule has 0 radical (unpaired) electrons. The van der Waals surface area contributed by atoms with Gasteiger partial charge in [0, 0.05) is 5.92 Å². The molecule has 0 aromatic heterocycles. The second-order valence-electron chi connectivity index (χ2n) is 5.84. The zero-order valence-corrected chi connectivity index (χ0v) is 9.95. The van der Waals surface area contributed by atoms with Crippen molar-refractivity contribution in [1.82, 2.24) is 0 Å². The molecular weight excluding hydrogens is 184 g/mol. The summed E-state index contributed by atoms with van der Waals surface area (Å²) in [6, 6.07) is 0. The maximum Gasteiger partial charge on any atom is 0.123 e. The monoisotopic (exact) mass is 208 g/mol. The first kappa shape index (κ1) is 11.2. The van der Waals surface area contributed by atoms with Gasteiger partial charge in [0.1, 0.15) is 6.29 Å². The van der Waals surface area contributed by atoms with Crippen LogP contribution >= 0.6 is 0 Å². The second kappa shape index (κ2) is 5.14. The van der Waals surface area contributed by atoms with Gasteiger partial charge >= 0.3 is 0 Å². The minimum absolute atomic E-state index is 0.392. The number of carbonyl (C=O) groups is 1. The summed E-state index contributed by atoms with van der Waals surface area (Å²) in [4.78, 5) is 10.8. The molecule has 2 unspecified atom stereocenters. The third kappa shape index (κ3) is 2.83. The van der Waals surface area contributed by atoms with E-state index in [4.69, 9.17) is 0 Å². The molecule has 0 bridgehead atoms. The molecule has 86 valence electrons. The Bertz CT molecular complexity index is 203. The fourth-order valence-corrected chi connectivity index (χ4v) is 3.58. The summed E-state index contributed by atoms with van der Waals surface area (Å²) in [5.41, 5.74) is 0. The van der Waals surface area contributed by atoms with Gasteiger partial charge in [-0.3, -0.25) is 0 Å². The molecular formula is C14H24O. The van der Waals surface area contributed by atoms with Crippen LogP contribution in [0.2, 0.25) is 0 Å². The Morgan fingerprint density at radius 3 is 2.33 bits per heavy atom. The molecule has 2 fully saturated rings. The van der Waals surface area contributed by atoms with Crippen molar-refractivity contribution in [3.05, 3.63) is 0 Å². The van der Waals surface area contributed by atoms with Crippen molar-refractivity contribution in [2.45, 2.75) is 58.3 Å². The maximum absolute atomic E-state index is 10.8. The molecule has 2 aliphatic rings. The summed E-state index contributed by atoms with van der Waals surface area (Å²) < 4.78 is 0. The number of hydrogen-bond acceptors (Lipinski definition) is 1. The molecule has 0 aromatic rings. The summed E-state index contributed by atoms with van der Waals surface area (Å²) in [6.07, 6.45) is 11.9. The molecule has 0 aromatic carbocycles. The van der Waals surface area contributed by atoms with Crippen molar-refractivity contribution in [2.75, 3.05) is 0 Å². The normalized spacial score (nSPS) is 42.5. The number of carbonyl (C=O) groups excluding carboxylic acids is 1. The van der Waals surface area contributed by atoms with Gasteiger partial charge in [-0.1, -0.05) is 32.6 Å². The Kier molecular flexibility index (Phi) is 3.82. The van der Waals surface area contributed by atoms with Gasteiger partial charge < -0.3 is 4.79 Å². The minimum Gasteiger partial charge on any atom is -0.303 e. The van der Waals surface area contributed by atoms with Crippen LogP contribution in [0, 0.1) is 23.7 Å². The van der Waals surface area contributed by atoms with Gasteiger partial charge in [-0.2, -0.15) is 0 Å². The molecule has 0 spiro atoms. The van der Waals surface area contributed by atoms with Gasteiger partial charge in [0.15, 0.2) is 0 Å². The molecule has 2 rings (SSSR count). The lowest BCUT2D eigenvalue weighted by molar-refractivity contribution is -0.112. The first-order valence-electron chi connectivity index (χ1n) is 6.75. The SMILES string of the molecule is CC1CCC(C2CCCC(C=O)C2)CC1. The van der Waals surface area contributed by atoms with Crippen LogP contribution in [-0.2, 0) is 4.79 Å². The van der Waals surface area contributed by atoms with Crippen molar-refractivity contribution in [2.24, 2.45) is 23.7 Å². The molecule has 15 heavy (non-hydrogen) atoms. The summed E-state index contributed by atoms with van der Waals surface area (Å²) in [5, 5.41) is 0. The van der Waals surface area contributed by atoms with Crippen molar-refractivity contribution in [3.8, 4) is 0 Å². The van der Waals surface area contributed by atoms with E-state index in [1.54, 1.807) is 0 Å². The van der Waals surface area contributed by atoms with E-state index in [0.29, 0.717) is 5.92 Å². The molecule has 0 saturated heterocycles. The van der Waals surface area contributed by atoms with Crippen molar-refractivity contribution < 1.29 is 4.79 Å². The Morgan fingerprint density at radius 2 is 1.67 bits per heavy atom. The standard InChI is InChI=1S/C14H24O/c1-11-5-7-13(8-6-11)14-4-2-3-12(9-14)10-15/h10-14H,2-9H2,1H3. The highest BCUT2D eigenvalue weighted by Gasteiger charge is 2.30. The lowest BCUT2D eigenvalue weighted by Gasteiger charge is -2.36. The maximum atomic E-state index is 10.8. The van der Waals surface area contributed by atoms with E-state index in [0.717, 1.165) is 24.2 Å². The lowest BCUT2D eigenvalue weighted by atomic mass is 9.69. The molecule has 2 aliphatic carbocycles. The van der Waals surface area contributed by atoms with Gasteiger partial charge in [0.05, 0.1) is 0 Å². The Hall–Kier alpha value is -0.330. The zero-order valence-electron chi connectivity index (χ0n) is 9.95. The average molecular weight is 208 g/mol. The van der Waals surface area contributed by atoms with E-state index in [1.807, 2.05) is 0 Å². The molecule has 0 aliphatic heterocycles. The third-order valence-electron chi connectivity index (χ3n) is 4.67. The van der Waals surface area contributed by atoms with E-state index in [9.17, 15) is 4.79 Å². The smallest absolute Gasteiger partial charge is 0.123 e. The quantitative estimate of drug-likeness (QED) is 0.630. The van der Waals surface area contributed by atoms with Crippen LogP contribution in [0.25, 0.3) is 0 Å². The van der Waals surface area contributed by atoms with Crippen LogP contribution in [0.15, 0.2) is 0 Å². The summed E-state index contributed by atoms with van der Waals surface area (Å²) >= 11 is 0.